The van der Waals surface area contributed by atoms with Crippen LogP contribution in [0.4, 0.5) is 0 Å². The van der Waals surface area contributed by atoms with E-state index in [4.69, 9.17) is 10.5 Å². The minimum absolute atomic E-state index is 0.110. The lowest BCUT2D eigenvalue weighted by atomic mass is 9.84. The molecule has 1 aromatic rings. The normalized spacial score (nSPS) is 28.1. The van der Waals surface area contributed by atoms with Crippen molar-refractivity contribution < 1.29 is 13.2 Å². The average molecular weight is 290 g/mol. The van der Waals surface area contributed by atoms with Gasteiger partial charge in [0.2, 0.25) is 10.0 Å². The van der Waals surface area contributed by atoms with E-state index in [2.05, 4.69) is 4.72 Å². The Labute approximate surface area is 111 Å². The monoisotopic (exact) mass is 290 g/mol. The molecule has 1 aliphatic rings. The number of rotatable bonds is 5. The van der Waals surface area contributed by atoms with E-state index < -0.39 is 10.0 Å². The van der Waals surface area contributed by atoms with Gasteiger partial charge >= 0.3 is 0 Å². The van der Waals surface area contributed by atoms with Gasteiger partial charge in [-0.1, -0.05) is 0 Å². The average Bonchev–Trinajstić information content (AvgIpc) is 2.74. The molecule has 3 N–H and O–H groups in total. The van der Waals surface area contributed by atoms with Crippen LogP contribution in [0.25, 0.3) is 0 Å². The Morgan fingerprint density at radius 2 is 2.28 bits per heavy atom. The first-order valence-electron chi connectivity index (χ1n) is 5.90. The lowest BCUT2D eigenvalue weighted by molar-refractivity contribution is -0.0248. The summed E-state index contributed by atoms with van der Waals surface area (Å²) in [5.74, 6) is 0. The van der Waals surface area contributed by atoms with Crippen LogP contribution < -0.4 is 10.5 Å². The second kappa shape index (κ2) is 5.26. The van der Waals surface area contributed by atoms with Crippen LogP contribution in [0.5, 0.6) is 0 Å². The van der Waals surface area contributed by atoms with Gasteiger partial charge in [0.1, 0.15) is 4.21 Å². The van der Waals surface area contributed by atoms with Crippen molar-refractivity contribution in [2.45, 2.75) is 42.7 Å². The quantitative estimate of drug-likeness (QED) is 0.842. The van der Waals surface area contributed by atoms with Crippen LogP contribution in [0, 0.1) is 6.92 Å². The molecular formula is C11H18N2O3S2. The van der Waals surface area contributed by atoms with Gasteiger partial charge in [-0.05, 0) is 32.4 Å². The minimum Gasteiger partial charge on any atom is -0.377 e. The van der Waals surface area contributed by atoms with Crippen LogP contribution in [0.2, 0.25) is 0 Å². The maximum Gasteiger partial charge on any atom is 0.250 e. The van der Waals surface area contributed by atoms with Crippen molar-refractivity contribution in [3.8, 4) is 0 Å². The van der Waals surface area contributed by atoms with Gasteiger partial charge in [0.15, 0.2) is 0 Å². The lowest BCUT2D eigenvalue weighted by Crippen LogP contribution is -2.64. The largest absolute Gasteiger partial charge is 0.377 e. The first-order valence-corrected chi connectivity index (χ1v) is 8.20. The molecule has 2 rings (SSSR count). The van der Waals surface area contributed by atoms with Gasteiger partial charge in [0.05, 0.1) is 12.1 Å². The highest BCUT2D eigenvalue weighted by atomic mass is 32.2. The molecule has 1 aromatic heterocycles. The molecule has 0 radical (unpaired) electrons. The lowest BCUT2D eigenvalue weighted by Gasteiger charge is -2.41. The van der Waals surface area contributed by atoms with E-state index in [-0.39, 0.29) is 18.2 Å². The van der Waals surface area contributed by atoms with Gasteiger partial charge in [0, 0.05) is 17.5 Å². The highest BCUT2D eigenvalue weighted by molar-refractivity contribution is 7.91. The van der Waals surface area contributed by atoms with E-state index in [1.807, 2.05) is 13.8 Å². The molecule has 7 heteroatoms. The van der Waals surface area contributed by atoms with E-state index in [1.165, 1.54) is 11.3 Å². The summed E-state index contributed by atoms with van der Waals surface area (Å²) >= 11 is 1.25. The topological polar surface area (TPSA) is 81.4 Å². The third-order valence-corrected chi connectivity index (χ3v) is 5.97. The van der Waals surface area contributed by atoms with Crippen LogP contribution >= 0.6 is 11.3 Å². The molecule has 5 nitrogen and oxygen atoms in total. The maximum atomic E-state index is 12.1. The van der Waals surface area contributed by atoms with Crippen molar-refractivity contribution in [1.29, 1.82) is 0 Å². The summed E-state index contributed by atoms with van der Waals surface area (Å²) < 4.78 is 32.7. The van der Waals surface area contributed by atoms with Crippen LogP contribution in [0.1, 0.15) is 18.2 Å². The Bertz CT molecular complexity index is 510. The molecular weight excluding hydrogens is 272 g/mol. The molecule has 0 bridgehead atoms. The molecule has 0 amide bonds. The minimum atomic E-state index is -3.48. The highest BCUT2D eigenvalue weighted by Crippen LogP contribution is 2.26. The van der Waals surface area contributed by atoms with Gasteiger partial charge in [-0.15, -0.1) is 11.3 Å². The molecule has 0 spiro atoms. The molecule has 0 aliphatic heterocycles. The summed E-state index contributed by atoms with van der Waals surface area (Å²) in [6, 6.07) is 2.91. The zero-order valence-corrected chi connectivity index (χ0v) is 12.1. The number of nitrogens with two attached hydrogens (primary N) is 1. The smallest absolute Gasteiger partial charge is 0.250 e. The first-order chi connectivity index (χ1) is 8.44. The molecule has 0 saturated heterocycles. The Balaban J connectivity index is 2.08. The fourth-order valence-electron chi connectivity index (χ4n) is 1.98. The third-order valence-electron chi connectivity index (χ3n) is 3.02. The van der Waals surface area contributed by atoms with Gasteiger partial charge in [-0.3, -0.25) is 0 Å². The molecule has 0 aromatic carbocycles. The van der Waals surface area contributed by atoms with E-state index >= 15 is 0 Å². The SMILES string of the molecule is CCOC1CC(N)C1NS(=O)(=O)c1ccc(C)s1. The van der Waals surface area contributed by atoms with Crippen molar-refractivity contribution in [1.82, 2.24) is 4.72 Å². The number of nitrogens with one attached hydrogen (secondary N) is 1. The maximum absolute atomic E-state index is 12.1. The number of sulfonamides is 1. The third kappa shape index (κ3) is 2.75. The summed E-state index contributed by atoms with van der Waals surface area (Å²) in [6.07, 6.45) is 0.589. The predicted octanol–water partition coefficient (Wildman–Crippen LogP) is 0.840. The molecule has 3 atom stereocenters. The van der Waals surface area contributed by atoms with Crippen molar-refractivity contribution in [2.24, 2.45) is 5.73 Å². The van der Waals surface area contributed by atoms with Crippen molar-refractivity contribution in [3.63, 3.8) is 0 Å². The molecule has 1 heterocycles. The Kier molecular flexibility index (Phi) is 4.08. The second-order valence-corrected chi connectivity index (χ2v) is 7.63. The number of ether oxygens (including phenoxy) is 1. The Morgan fingerprint density at radius 1 is 1.56 bits per heavy atom. The fraction of sp³-hybridized carbons (Fsp3) is 0.636. The second-order valence-electron chi connectivity index (χ2n) is 4.41. The van der Waals surface area contributed by atoms with E-state index in [9.17, 15) is 8.42 Å². The summed E-state index contributed by atoms with van der Waals surface area (Å²) in [5, 5.41) is 0. The Morgan fingerprint density at radius 3 is 2.78 bits per heavy atom. The molecule has 102 valence electrons. The van der Waals surface area contributed by atoms with Crippen LogP contribution in [-0.2, 0) is 14.8 Å². The Hall–Kier alpha value is -0.470. The summed E-state index contributed by atoms with van der Waals surface area (Å²) in [4.78, 5) is 0.967. The van der Waals surface area contributed by atoms with Crippen molar-refractivity contribution in [2.75, 3.05) is 6.61 Å². The molecule has 1 saturated carbocycles. The first kappa shape index (κ1) is 14.0. The van der Waals surface area contributed by atoms with Crippen LogP contribution in [0.15, 0.2) is 16.3 Å². The highest BCUT2D eigenvalue weighted by Gasteiger charge is 2.42. The summed E-state index contributed by atoms with van der Waals surface area (Å²) in [5.41, 5.74) is 5.83. The van der Waals surface area contributed by atoms with Gasteiger partial charge in [-0.2, -0.15) is 0 Å². The molecule has 1 fully saturated rings. The summed E-state index contributed by atoms with van der Waals surface area (Å²) in [6.45, 7) is 4.33. The summed E-state index contributed by atoms with van der Waals surface area (Å²) in [7, 11) is -3.48. The zero-order valence-electron chi connectivity index (χ0n) is 10.4. The van der Waals surface area contributed by atoms with E-state index in [1.54, 1.807) is 12.1 Å². The van der Waals surface area contributed by atoms with Crippen molar-refractivity contribution in [3.05, 3.63) is 17.0 Å². The molecule has 3 unspecified atom stereocenters. The fourth-order valence-corrected chi connectivity index (χ4v) is 4.60. The zero-order chi connectivity index (χ0) is 13.3. The number of aryl methyl sites for hydroxylation is 1. The number of hydrogen-bond donors (Lipinski definition) is 2. The van der Waals surface area contributed by atoms with Gasteiger partial charge in [0.25, 0.3) is 0 Å². The van der Waals surface area contributed by atoms with Gasteiger partial charge < -0.3 is 10.5 Å². The number of hydrogen-bond acceptors (Lipinski definition) is 5. The number of thiophene rings is 1. The standard InChI is InChI=1S/C11H18N2O3S2/c1-3-16-9-6-8(12)11(9)13-18(14,15)10-5-4-7(2)17-10/h4-5,8-9,11,13H,3,6,12H2,1-2H3. The van der Waals surface area contributed by atoms with E-state index in [0.29, 0.717) is 17.2 Å². The van der Waals surface area contributed by atoms with Crippen LogP contribution in [-0.4, -0.2) is 33.2 Å². The molecule has 18 heavy (non-hydrogen) atoms. The van der Waals surface area contributed by atoms with Gasteiger partial charge in [-0.25, -0.2) is 13.1 Å². The van der Waals surface area contributed by atoms with Crippen LogP contribution in [0.3, 0.4) is 0 Å². The predicted molar refractivity (Wildman–Crippen MR) is 71.2 cm³/mol. The molecule has 1 aliphatic carbocycles. The van der Waals surface area contributed by atoms with E-state index in [0.717, 1.165) is 4.88 Å². The van der Waals surface area contributed by atoms with Crippen molar-refractivity contribution >= 4 is 21.4 Å².